The molecule has 1 unspecified atom stereocenters. The molecule has 7 heteroatoms. The molecule has 0 aromatic heterocycles. The molecule has 0 aliphatic heterocycles. The van der Waals surface area contributed by atoms with Crippen molar-refractivity contribution in [2.75, 3.05) is 11.9 Å². The molecule has 1 rings (SSSR count). The highest BCUT2D eigenvalue weighted by Gasteiger charge is 2.09. The first kappa shape index (κ1) is 21.8. The van der Waals surface area contributed by atoms with Crippen molar-refractivity contribution in [3.63, 3.8) is 0 Å². The van der Waals surface area contributed by atoms with Gasteiger partial charge >= 0.3 is 5.97 Å². The zero-order chi connectivity index (χ0) is 18.4. The van der Waals surface area contributed by atoms with Crippen LogP contribution in [0.25, 0.3) is 0 Å². The fourth-order valence-electron chi connectivity index (χ4n) is 1.73. The Bertz CT molecular complexity index is 503. The van der Waals surface area contributed by atoms with E-state index in [1.165, 1.54) is 0 Å². The molecule has 24 heavy (non-hydrogen) atoms. The summed E-state index contributed by atoms with van der Waals surface area (Å²) in [5, 5.41) is 11.1. The van der Waals surface area contributed by atoms with E-state index >= 15 is 0 Å². The zero-order valence-corrected chi connectivity index (χ0v) is 14.0. The summed E-state index contributed by atoms with van der Waals surface area (Å²) in [6, 6.07) is 6.07. The minimum absolute atomic E-state index is 0.00588. The lowest BCUT2D eigenvalue weighted by Gasteiger charge is -2.03. The van der Waals surface area contributed by atoms with E-state index in [1.54, 1.807) is 24.3 Å². The number of carbonyl (C=O) groups excluding carboxylic acids is 2. The Labute approximate surface area is 142 Å². The van der Waals surface area contributed by atoms with Gasteiger partial charge in [0.15, 0.2) is 0 Å². The molecule has 1 aromatic carbocycles. The first-order valence-electron chi connectivity index (χ1n) is 7.98. The number of rotatable bonds is 9. The Morgan fingerprint density at radius 3 is 2.33 bits per heavy atom. The maximum Gasteiger partial charge on any atom is 0.320 e. The fraction of sp³-hybridized carbons (Fsp3) is 0.471. The molecule has 0 fully saturated rings. The number of hydrogen-bond donors (Lipinski definition) is 4. The number of unbranched alkanes of at least 4 members (excludes halogenated alkanes) is 1. The Balaban J connectivity index is 0.000000470. The average Bonchev–Trinajstić information content (AvgIpc) is 2.56. The quantitative estimate of drug-likeness (QED) is 0.400. The van der Waals surface area contributed by atoms with Crippen LogP contribution in [0, 0.1) is 0 Å². The van der Waals surface area contributed by atoms with Gasteiger partial charge in [-0.15, -0.1) is 0 Å². The molecule has 0 saturated carbocycles. The maximum absolute atomic E-state index is 11.2. The lowest BCUT2D eigenvalue weighted by Crippen LogP contribution is -2.29. The highest BCUT2D eigenvalue weighted by molar-refractivity contribution is 5.91. The second-order valence-electron chi connectivity index (χ2n) is 5.27. The number of carboxylic acid groups (broad SMARTS) is 1. The van der Waals surface area contributed by atoms with Crippen LogP contribution in [0.2, 0.25) is 0 Å². The van der Waals surface area contributed by atoms with Crippen LogP contribution in [0.15, 0.2) is 24.3 Å². The van der Waals surface area contributed by atoms with Gasteiger partial charge in [-0.05, 0) is 50.1 Å². The molecule has 1 atom stereocenters. The monoisotopic (exact) mass is 337 g/mol. The van der Waals surface area contributed by atoms with E-state index in [0.717, 1.165) is 31.2 Å². The summed E-state index contributed by atoms with van der Waals surface area (Å²) < 4.78 is 0. The van der Waals surface area contributed by atoms with E-state index in [9.17, 15) is 14.4 Å². The summed E-state index contributed by atoms with van der Waals surface area (Å²) in [6.07, 6.45) is 4.29. The predicted molar refractivity (Wildman–Crippen MR) is 93.9 cm³/mol. The number of amides is 1. The number of aldehydes is 1. The Kier molecular flexibility index (Phi) is 12.0. The minimum atomic E-state index is -0.933. The molecule has 0 aliphatic rings. The van der Waals surface area contributed by atoms with Crippen molar-refractivity contribution in [1.82, 2.24) is 0 Å². The van der Waals surface area contributed by atoms with E-state index in [4.69, 9.17) is 16.6 Å². The van der Waals surface area contributed by atoms with Crippen LogP contribution in [-0.4, -0.2) is 35.9 Å². The lowest BCUT2D eigenvalue weighted by molar-refractivity contribution is -0.138. The third kappa shape index (κ3) is 10.5. The summed E-state index contributed by atoms with van der Waals surface area (Å²) in [6.45, 7) is 2.56. The summed E-state index contributed by atoms with van der Waals surface area (Å²) in [4.78, 5) is 31.7. The van der Waals surface area contributed by atoms with E-state index < -0.39 is 12.0 Å². The topological polar surface area (TPSA) is 136 Å². The van der Waals surface area contributed by atoms with Gasteiger partial charge in [-0.2, -0.15) is 0 Å². The van der Waals surface area contributed by atoms with Crippen LogP contribution in [0.3, 0.4) is 0 Å². The van der Waals surface area contributed by atoms with E-state index in [-0.39, 0.29) is 5.91 Å². The smallest absolute Gasteiger partial charge is 0.320 e. The van der Waals surface area contributed by atoms with Crippen LogP contribution in [0.4, 0.5) is 5.69 Å². The molecule has 6 N–H and O–H groups in total. The number of anilines is 1. The third-order valence-electron chi connectivity index (χ3n) is 3.09. The van der Waals surface area contributed by atoms with Crippen molar-refractivity contribution in [2.45, 2.75) is 45.1 Å². The fourth-order valence-corrected chi connectivity index (χ4v) is 1.73. The summed E-state index contributed by atoms with van der Waals surface area (Å²) in [7, 11) is 0. The van der Waals surface area contributed by atoms with Crippen molar-refractivity contribution < 1.29 is 19.5 Å². The summed E-state index contributed by atoms with van der Waals surface area (Å²) in [5.41, 5.74) is 11.8. The number of nitrogens with two attached hydrogens (primary N) is 2. The normalized spacial score (nSPS) is 11.0. The zero-order valence-electron chi connectivity index (χ0n) is 14.0. The summed E-state index contributed by atoms with van der Waals surface area (Å²) in [5.74, 6) is -0.927. The van der Waals surface area contributed by atoms with Crippen LogP contribution in [0.5, 0.6) is 0 Å². The van der Waals surface area contributed by atoms with Crippen molar-refractivity contribution in [3.8, 4) is 0 Å². The maximum atomic E-state index is 11.2. The Hall–Kier alpha value is -2.25. The van der Waals surface area contributed by atoms with Gasteiger partial charge in [0.25, 0.3) is 0 Å². The van der Waals surface area contributed by atoms with Crippen LogP contribution in [-0.2, 0) is 9.59 Å². The molecule has 134 valence electrons. The van der Waals surface area contributed by atoms with Crippen molar-refractivity contribution in [3.05, 3.63) is 29.8 Å². The van der Waals surface area contributed by atoms with E-state index in [1.807, 2.05) is 6.92 Å². The average molecular weight is 337 g/mol. The van der Waals surface area contributed by atoms with E-state index in [2.05, 4.69) is 5.32 Å². The highest BCUT2D eigenvalue weighted by Crippen LogP contribution is 2.08. The molecule has 1 amide bonds. The molecule has 0 spiro atoms. The number of hydrogen-bond acceptors (Lipinski definition) is 5. The van der Waals surface area contributed by atoms with E-state index in [0.29, 0.717) is 24.9 Å². The molecule has 0 saturated heterocycles. The van der Waals surface area contributed by atoms with Crippen LogP contribution < -0.4 is 16.8 Å². The molecular formula is C17H27N3O4. The van der Waals surface area contributed by atoms with Gasteiger partial charge < -0.3 is 21.9 Å². The van der Waals surface area contributed by atoms with Crippen molar-refractivity contribution >= 4 is 23.9 Å². The van der Waals surface area contributed by atoms with Crippen LogP contribution >= 0.6 is 0 Å². The van der Waals surface area contributed by atoms with Gasteiger partial charge in [0.1, 0.15) is 12.3 Å². The van der Waals surface area contributed by atoms with Gasteiger partial charge in [-0.25, -0.2) is 0 Å². The second-order valence-corrected chi connectivity index (χ2v) is 5.27. The standard InChI is InChI=1S/C11H13NO2.C6H14N2O2/c1-2-3-11(14)12-10-6-4-9(8-13)5-7-10;7-4-2-1-3-5(8)6(9)10/h4-8H,2-3H2,1H3,(H,12,14);5H,1-4,7-8H2,(H,9,10). The number of benzene rings is 1. The van der Waals surface area contributed by atoms with Gasteiger partial charge in [-0.3, -0.25) is 14.4 Å². The Morgan fingerprint density at radius 2 is 1.88 bits per heavy atom. The number of aliphatic carboxylic acids is 1. The van der Waals surface area contributed by atoms with Gasteiger partial charge in [0.05, 0.1) is 0 Å². The molecule has 0 aliphatic carbocycles. The highest BCUT2D eigenvalue weighted by atomic mass is 16.4. The molecule has 1 aromatic rings. The second kappa shape index (κ2) is 13.2. The minimum Gasteiger partial charge on any atom is -0.480 e. The first-order chi connectivity index (χ1) is 11.4. The number of carbonyl (C=O) groups is 3. The van der Waals surface area contributed by atoms with Gasteiger partial charge in [-0.1, -0.05) is 13.3 Å². The molecule has 7 nitrogen and oxygen atoms in total. The molecular weight excluding hydrogens is 310 g/mol. The summed E-state index contributed by atoms with van der Waals surface area (Å²) >= 11 is 0. The first-order valence-corrected chi connectivity index (χ1v) is 7.98. The van der Waals surface area contributed by atoms with Crippen LogP contribution in [0.1, 0.15) is 49.4 Å². The number of carboxylic acids is 1. The molecule has 0 radical (unpaired) electrons. The van der Waals surface area contributed by atoms with Crippen molar-refractivity contribution in [2.24, 2.45) is 11.5 Å². The van der Waals surface area contributed by atoms with Gasteiger partial charge in [0, 0.05) is 17.7 Å². The third-order valence-corrected chi connectivity index (χ3v) is 3.09. The number of nitrogens with one attached hydrogen (secondary N) is 1. The molecule has 0 bridgehead atoms. The molecule has 0 heterocycles. The largest absolute Gasteiger partial charge is 0.480 e. The van der Waals surface area contributed by atoms with Crippen molar-refractivity contribution in [1.29, 1.82) is 0 Å². The Morgan fingerprint density at radius 1 is 1.25 bits per heavy atom. The lowest BCUT2D eigenvalue weighted by atomic mass is 10.1. The SMILES string of the molecule is CCCC(=O)Nc1ccc(C=O)cc1.NCCCCC(N)C(=O)O. The van der Waals surface area contributed by atoms with Gasteiger partial charge in [0.2, 0.25) is 5.91 Å². The predicted octanol–water partition coefficient (Wildman–Crippen LogP) is 1.76.